The zero-order valence-electron chi connectivity index (χ0n) is 15.3. The molecule has 0 unspecified atom stereocenters. The molecule has 0 aliphatic heterocycles. The summed E-state index contributed by atoms with van der Waals surface area (Å²) in [6.07, 6.45) is 1.47. The Hall–Kier alpha value is -3.38. The maximum Gasteiger partial charge on any atom is 0.257 e. The molecule has 0 saturated carbocycles. The number of hydrogen-bond donors (Lipinski definition) is 2. The van der Waals surface area contributed by atoms with Crippen LogP contribution < -0.4 is 15.4 Å². The van der Waals surface area contributed by atoms with Crippen molar-refractivity contribution in [3.05, 3.63) is 76.9 Å². The van der Waals surface area contributed by atoms with Gasteiger partial charge in [-0.1, -0.05) is 11.6 Å². The molecule has 0 spiro atoms. The average Bonchev–Trinajstić information content (AvgIpc) is 2.69. The number of carbonyl (C=O) groups excluding carboxylic acids is 2. The molecule has 2 N–H and O–H groups in total. The molecule has 3 rings (SSSR count). The number of hydrogen-bond acceptors (Lipinski definition) is 5. The molecule has 7 heteroatoms. The SMILES string of the molecule is COc1ccc(Cl)cc1NC(=O)c1ccc(Nc2ccc(C(C)=O)cc2)nc1. The highest BCUT2D eigenvalue weighted by molar-refractivity contribution is 6.31. The van der Waals surface area contributed by atoms with E-state index in [1.807, 2.05) is 0 Å². The van der Waals surface area contributed by atoms with Gasteiger partial charge >= 0.3 is 0 Å². The Labute approximate surface area is 167 Å². The van der Waals surface area contributed by atoms with Gasteiger partial charge in [-0.2, -0.15) is 0 Å². The summed E-state index contributed by atoms with van der Waals surface area (Å²) in [7, 11) is 1.52. The molecule has 0 radical (unpaired) electrons. The first-order valence-electron chi connectivity index (χ1n) is 8.45. The molecule has 0 bridgehead atoms. The molecule has 28 heavy (non-hydrogen) atoms. The number of anilines is 3. The average molecular weight is 396 g/mol. The molecule has 0 aliphatic carbocycles. The fourth-order valence-corrected chi connectivity index (χ4v) is 2.68. The minimum absolute atomic E-state index is 0.0105. The first-order chi connectivity index (χ1) is 13.5. The van der Waals surface area contributed by atoms with Gasteiger partial charge in [-0.15, -0.1) is 0 Å². The van der Waals surface area contributed by atoms with Gasteiger partial charge in [0.1, 0.15) is 11.6 Å². The Morgan fingerprint density at radius 3 is 2.32 bits per heavy atom. The van der Waals surface area contributed by atoms with E-state index in [0.717, 1.165) is 5.69 Å². The highest BCUT2D eigenvalue weighted by Gasteiger charge is 2.11. The third-order valence-corrected chi connectivity index (χ3v) is 4.23. The van der Waals surface area contributed by atoms with Crippen LogP contribution in [0.5, 0.6) is 5.75 Å². The van der Waals surface area contributed by atoms with Crippen LogP contribution in [-0.2, 0) is 0 Å². The van der Waals surface area contributed by atoms with Crippen molar-refractivity contribution in [2.75, 3.05) is 17.7 Å². The van der Waals surface area contributed by atoms with E-state index in [2.05, 4.69) is 15.6 Å². The maximum absolute atomic E-state index is 12.5. The predicted molar refractivity (Wildman–Crippen MR) is 110 cm³/mol. The van der Waals surface area contributed by atoms with Crippen molar-refractivity contribution in [1.29, 1.82) is 0 Å². The second kappa shape index (κ2) is 8.54. The summed E-state index contributed by atoms with van der Waals surface area (Å²) in [4.78, 5) is 28.0. The number of rotatable bonds is 6. The molecular weight excluding hydrogens is 378 g/mol. The van der Waals surface area contributed by atoms with Crippen LogP contribution in [0.3, 0.4) is 0 Å². The Morgan fingerprint density at radius 1 is 1.00 bits per heavy atom. The van der Waals surface area contributed by atoms with Gasteiger partial charge in [0.25, 0.3) is 5.91 Å². The molecule has 2 aromatic carbocycles. The number of Topliss-reactive ketones (excluding diaryl/α,β-unsaturated/α-hetero) is 1. The molecule has 0 saturated heterocycles. The van der Waals surface area contributed by atoms with Gasteiger partial charge in [0.05, 0.1) is 18.4 Å². The van der Waals surface area contributed by atoms with Crippen molar-refractivity contribution in [1.82, 2.24) is 4.98 Å². The van der Waals surface area contributed by atoms with Gasteiger partial charge in [0, 0.05) is 22.5 Å². The van der Waals surface area contributed by atoms with Gasteiger partial charge < -0.3 is 15.4 Å². The van der Waals surface area contributed by atoms with Crippen LogP contribution in [-0.4, -0.2) is 23.8 Å². The van der Waals surface area contributed by atoms with Crippen LogP contribution in [0.25, 0.3) is 0 Å². The largest absolute Gasteiger partial charge is 0.495 e. The summed E-state index contributed by atoms with van der Waals surface area (Å²) in [6.45, 7) is 1.52. The summed E-state index contributed by atoms with van der Waals surface area (Å²) in [5.74, 6) is 0.771. The standard InChI is InChI=1S/C21H18ClN3O3/c1-13(26)14-3-7-17(8-4-14)24-20-10-5-15(12-23-20)21(27)25-18-11-16(22)6-9-19(18)28-2/h3-12H,1-2H3,(H,23,24)(H,25,27). The fourth-order valence-electron chi connectivity index (χ4n) is 2.51. The molecule has 1 amide bonds. The summed E-state index contributed by atoms with van der Waals surface area (Å²) in [5.41, 5.74) is 2.30. The predicted octanol–water partition coefficient (Wildman–Crippen LogP) is 4.94. The molecule has 1 heterocycles. The van der Waals surface area contributed by atoms with Gasteiger partial charge in [0.15, 0.2) is 5.78 Å². The van der Waals surface area contributed by atoms with E-state index in [0.29, 0.717) is 33.4 Å². The smallest absolute Gasteiger partial charge is 0.257 e. The van der Waals surface area contributed by atoms with Crippen molar-refractivity contribution in [3.63, 3.8) is 0 Å². The van der Waals surface area contributed by atoms with E-state index in [1.165, 1.54) is 20.2 Å². The molecule has 6 nitrogen and oxygen atoms in total. The van der Waals surface area contributed by atoms with Crippen molar-refractivity contribution in [2.45, 2.75) is 6.92 Å². The lowest BCUT2D eigenvalue weighted by Gasteiger charge is -2.11. The van der Waals surface area contributed by atoms with E-state index in [-0.39, 0.29) is 11.7 Å². The maximum atomic E-state index is 12.5. The van der Waals surface area contributed by atoms with Crippen LogP contribution in [0, 0.1) is 0 Å². The number of nitrogens with zero attached hydrogens (tertiary/aromatic N) is 1. The van der Waals surface area contributed by atoms with Crippen LogP contribution in [0.4, 0.5) is 17.2 Å². The summed E-state index contributed by atoms with van der Waals surface area (Å²) in [5, 5.41) is 6.37. The molecule has 0 fully saturated rings. The Balaban J connectivity index is 1.69. The highest BCUT2D eigenvalue weighted by Crippen LogP contribution is 2.28. The second-order valence-corrected chi connectivity index (χ2v) is 6.43. The minimum atomic E-state index is -0.328. The zero-order chi connectivity index (χ0) is 20.1. The summed E-state index contributed by atoms with van der Waals surface area (Å²) >= 11 is 5.98. The lowest BCUT2D eigenvalue weighted by Crippen LogP contribution is -2.13. The van der Waals surface area contributed by atoms with Gasteiger partial charge in [-0.05, 0) is 61.5 Å². The molecule has 0 atom stereocenters. The molecule has 3 aromatic rings. The van der Waals surface area contributed by atoms with Crippen molar-refractivity contribution in [2.24, 2.45) is 0 Å². The summed E-state index contributed by atoms with van der Waals surface area (Å²) < 4.78 is 5.23. The number of carbonyl (C=O) groups is 2. The number of halogens is 1. The third-order valence-electron chi connectivity index (χ3n) is 4.00. The fraction of sp³-hybridized carbons (Fsp3) is 0.0952. The van der Waals surface area contributed by atoms with E-state index in [4.69, 9.17) is 16.3 Å². The van der Waals surface area contributed by atoms with Crippen LogP contribution >= 0.6 is 11.6 Å². The topological polar surface area (TPSA) is 80.3 Å². The third kappa shape index (κ3) is 4.66. The molecule has 0 aliphatic rings. The number of methoxy groups -OCH3 is 1. The summed E-state index contributed by atoms with van der Waals surface area (Å²) in [6, 6.07) is 15.4. The van der Waals surface area contributed by atoms with Gasteiger partial charge in [-0.3, -0.25) is 9.59 Å². The molecule has 1 aromatic heterocycles. The number of pyridine rings is 1. The van der Waals surface area contributed by atoms with Crippen molar-refractivity contribution in [3.8, 4) is 5.75 Å². The van der Waals surface area contributed by atoms with E-state index >= 15 is 0 Å². The van der Waals surface area contributed by atoms with E-state index in [1.54, 1.807) is 54.6 Å². The quantitative estimate of drug-likeness (QED) is 0.577. The minimum Gasteiger partial charge on any atom is -0.495 e. The first-order valence-corrected chi connectivity index (χ1v) is 8.83. The lowest BCUT2D eigenvalue weighted by atomic mass is 10.1. The van der Waals surface area contributed by atoms with E-state index < -0.39 is 0 Å². The Kier molecular flexibility index (Phi) is 5.91. The number of amides is 1. The second-order valence-electron chi connectivity index (χ2n) is 5.99. The zero-order valence-corrected chi connectivity index (χ0v) is 16.1. The first kappa shape index (κ1) is 19.4. The Morgan fingerprint density at radius 2 is 1.71 bits per heavy atom. The lowest BCUT2D eigenvalue weighted by molar-refractivity contribution is 0.101. The number of benzene rings is 2. The van der Waals surface area contributed by atoms with Crippen LogP contribution in [0.2, 0.25) is 5.02 Å². The number of ketones is 1. The van der Waals surface area contributed by atoms with Crippen molar-refractivity contribution < 1.29 is 14.3 Å². The van der Waals surface area contributed by atoms with Crippen molar-refractivity contribution >= 4 is 40.5 Å². The molecular formula is C21H18ClN3O3. The van der Waals surface area contributed by atoms with E-state index in [9.17, 15) is 9.59 Å². The van der Waals surface area contributed by atoms with Gasteiger partial charge in [0.2, 0.25) is 0 Å². The highest BCUT2D eigenvalue weighted by atomic mass is 35.5. The van der Waals surface area contributed by atoms with Crippen LogP contribution in [0.1, 0.15) is 27.6 Å². The number of ether oxygens (including phenoxy) is 1. The monoisotopic (exact) mass is 395 g/mol. The number of nitrogens with one attached hydrogen (secondary N) is 2. The number of aromatic nitrogens is 1. The Bertz CT molecular complexity index is 1000. The molecule has 142 valence electrons. The van der Waals surface area contributed by atoms with Gasteiger partial charge in [-0.25, -0.2) is 4.98 Å². The normalized spacial score (nSPS) is 10.2. The van der Waals surface area contributed by atoms with Crippen LogP contribution in [0.15, 0.2) is 60.8 Å².